The Kier molecular flexibility index (Phi) is 51.3. The summed E-state index contributed by atoms with van der Waals surface area (Å²) in [7, 11) is 0. The Morgan fingerprint density at radius 2 is 0.600 bits per heavy atom. The van der Waals surface area contributed by atoms with Crippen LogP contribution in [0, 0.1) is 0 Å². The summed E-state index contributed by atoms with van der Waals surface area (Å²) in [6.45, 7) is 6.50. The molecular weight excluding hydrogens is 805 g/mol. The SMILES string of the molecule is CC/C=C\C/C=C\C/C=C\CCCCCC(=O)OC(COC(=O)CCCCCCCCCCCCC)COC(=O)CCCCCCCCCCCCC/C=C\C/C=C\CCCCCCC. The van der Waals surface area contributed by atoms with Gasteiger partial charge in [-0.05, 0) is 83.5 Å². The molecule has 376 valence electrons. The third-order valence-corrected chi connectivity index (χ3v) is 12.0. The largest absolute Gasteiger partial charge is 0.462 e. The molecule has 6 heteroatoms. The lowest BCUT2D eigenvalue weighted by Crippen LogP contribution is -2.30. The summed E-state index contributed by atoms with van der Waals surface area (Å²) < 4.78 is 16.8. The van der Waals surface area contributed by atoms with Crippen LogP contribution >= 0.6 is 0 Å². The molecule has 0 amide bonds. The highest BCUT2D eigenvalue weighted by atomic mass is 16.6. The molecule has 0 aromatic heterocycles. The van der Waals surface area contributed by atoms with Crippen LogP contribution in [0.3, 0.4) is 0 Å². The van der Waals surface area contributed by atoms with E-state index in [4.69, 9.17) is 14.2 Å². The number of hydrogen-bond acceptors (Lipinski definition) is 6. The van der Waals surface area contributed by atoms with Gasteiger partial charge in [0.1, 0.15) is 13.2 Å². The minimum absolute atomic E-state index is 0.0845. The van der Waals surface area contributed by atoms with Crippen molar-refractivity contribution in [3.05, 3.63) is 60.8 Å². The van der Waals surface area contributed by atoms with Crippen molar-refractivity contribution in [3.63, 3.8) is 0 Å². The first kappa shape index (κ1) is 62.1. The molecule has 0 fully saturated rings. The van der Waals surface area contributed by atoms with Crippen molar-refractivity contribution in [2.45, 2.75) is 284 Å². The summed E-state index contributed by atoms with van der Waals surface area (Å²) in [4.78, 5) is 38.0. The van der Waals surface area contributed by atoms with Gasteiger partial charge in [0.05, 0.1) is 0 Å². The summed E-state index contributed by atoms with van der Waals surface area (Å²) >= 11 is 0. The van der Waals surface area contributed by atoms with Gasteiger partial charge in [-0.1, -0.05) is 236 Å². The van der Waals surface area contributed by atoms with E-state index in [1.54, 1.807) is 0 Å². The highest BCUT2D eigenvalue weighted by Crippen LogP contribution is 2.15. The van der Waals surface area contributed by atoms with Crippen LogP contribution < -0.4 is 0 Å². The van der Waals surface area contributed by atoms with Gasteiger partial charge in [-0.3, -0.25) is 14.4 Å². The molecule has 6 nitrogen and oxygen atoms in total. The maximum Gasteiger partial charge on any atom is 0.306 e. The normalized spacial score (nSPS) is 12.5. The number of carbonyl (C=O) groups is 3. The summed E-state index contributed by atoms with van der Waals surface area (Å²) in [5.41, 5.74) is 0. The third kappa shape index (κ3) is 51.9. The molecule has 0 aliphatic heterocycles. The second-order valence-electron chi connectivity index (χ2n) is 18.5. The van der Waals surface area contributed by atoms with Crippen molar-refractivity contribution < 1.29 is 28.6 Å². The van der Waals surface area contributed by atoms with Crippen LogP contribution in [0.1, 0.15) is 278 Å². The van der Waals surface area contributed by atoms with Crippen LogP contribution in [0.15, 0.2) is 60.8 Å². The van der Waals surface area contributed by atoms with Crippen molar-refractivity contribution in [2.75, 3.05) is 13.2 Å². The van der Waals surface area contributed by atoms with E-state index >= 15 is 0 Å². The molecule has 0 aliphatic carbocycles. The molecule has 1 unspecified atom stereocenters. The lowest BCUT2D eigenvalue weighted by molar-refractivity contribution is -0.167. The number of rotatable bonds is 50. The minimum atomic E-state index is -0.787. The van der Waals surface area contributed by atoms with E-state index in [0.29, 0.717) is 19.3 Å². The second-order valence-corrected chi connectivity index (χ2v) is 18.5. The van der Waals surface area contributed by atoms with Crippen molar-refractivity contribution in [3.8, 4) is 0 Å². The zero-order chi connectivity index (χ0) is 47.2. The maximum atomic E-state index is 12.8. The number of ether oxygens (including phenoxy) is 3. The van der Waals surface area contributed by atoms with Gasteiger partial charge in [-0.25, -0.2) is 0 Å². The molecule has 0 aromatic carbocycles. The van der Waals surface area contributed by atoms with Gasteiger partial charge in [-0.2, -0.15) is 0 Å². The van der Waals surface area contributed by atoms with E-state index in [9.17, 15) is 14.4 Å². The Labute approximate surface area is 402 Å². The average molecular weight is 909 g/mol. The molecular formula is C59H104O6. The van der Waals surface area contributed by atoms with E-state index in [2.05, 4.69) is 81.5 Å². The number of allylic oxidation sites excluding steroid dienone is 10. The molecule has 0 saturated heterocycles. The molecule has 0 N–H and O–H groups in total. The smallest absolute Gasteiger partial charge is 0.306 e. The lowest BCUT2D eigenvalue weighted by atomic mass is 10.0. The van der Waals surface area contributed by atoms with Crippen LogP contribution in [0.25, 0.3) is 0 Å². The van der Waals surface area contributed by atoms with E-state index < -0.39 is 6.10 Å². The maximum absolute atomic E-state index is 12.8. The molecule has 1 atom stereocenters. The number of unbranched alkanes of at least 4 members (excludes halogenated alkanes) is 29. The van der Waals surface area contributed by atoms with Gasteiger partial charge in [0, 0.05) is 19.3 Å². The first-order valence-electron chi connectivity index (χ1n) is 27.8. The summed E-state index contributed by atoms with van der Waals surface area (Å²) in [5.74, 6) is -0.910. The fourth-order valence-corrected chi connectivity index (χ4v) is 7.84. The van der Waals surface area contributed by atoms with Crippen molar-refractivity contribution in [2.24, 2.45) is 0 Å². The van der Waals surface area contributed by atoms with Gasteiger partial charge in [0.25, 0.3) is 0 Å². The van der Waals surface area contributed by atoms with Gasteiger partial charge in [0.2, 0.25) is 0 Å². The standard InChI is InChI=1S/C59H104O6/c1-4-7-10-13-16-19-22-24-25-26-27-28-29-30-31-32-33-35-37-40-43-46-49-52-58(61)64-55-56(54-63-57(60)51-48-45-42-39-36-21-18-15-12-9-6-3)65-59(62)53-50-47-44-41-38-34-23-20-17-14-11-8-5-2/h8,11,17,20,22,24,26-27,34,38,56H,4-7,9-10,12-16,18-19,21,23,25,28-33,35-37,39-55H2,1-3H3/b11-8-,20-17-,24-22-,27-26-,38-34-. The van der Waals surface area contributed by atoms with Crippen LogP contribution in [0.5, 0.6) is 0 Å². The molecule has 0 radical (unpaired) electrons. The molecule has 0 aromatic rings. The molecule has 0 aliphatic rings. The zero-order valence-electron chi connectivity index (χ0n) is 43.0. The van der Waals surface area contributed by atoms with E-state index in [1.165, 1.54) is 148 Å². The summed E-state index contributed by atoms with van der Waals surface area (Å²) in [5, 5.41) is 0. The second kappa shape index (κ2) is 53.7. The Bertz CT molecular complexity index is 1180. The Morgan fingerprint density at radius 1 is 0.323 bits per heavy atom. The van der Waals surface area contributed by atoms with Gasteiger partial charge in [-0.15, -0.1) is 0 Å². The predicted octanol–water partition coefficient (Wildman–Crippen LogP) is 18.4. The fourth-order valence-electron chi connectivity index (χ4n) is 7.84. The number of esters is 3. The quantitative estimate of drug-likeness (QED) is 0.0262. The summed E-state index contributed by atoms with van der Waals surface area (Å²) in [6.07, 6.45) is 66.5. The zero-order valence-corrected chi connectivity index (χ0v) is 43.0. The van der Waals surface area contributed by atoms with E-state index in [0.717, 1.165) is 89.9 Å². The van der Waals surface area contributed by atoms with Crippen molar-refractivity contribution in [1.82, 2.24) is 0 Å². The minimum Gasteiger partial charge on any atom is -0.462 e. The van der Waals surface area contributed by atoms with E-state index in [1.807, 2.05) is 0 Å². The molecule has 0 bridgehead atoms. The Balaban J connectivity index is 4.27. The van der Waals surface area contributed by atoms with Gasteiger partial charge in [0.15, 0.2) is 6.10 Å². The van der Waals surface area contributed by atoms with Gasteiger partial charge < -0.3 is 14.2 Å². The molecule has 0 saturated carbocycles. The first-order chi connectivity index (χ1) is 32.0. The first-order valence-corrected chi connectivity index (χ1v) is 27.8. The highest BCUT2D eigenvalue weighted by molar-refractivity contribution is 5.71. The van der Waals surface area contributed by atoms with Crippen molar-refractivity contribution in [1.29, 1.82) is 0 Å². The Hall–Kier alpha value is -2.89. The van der Waals surface area contributed by atoms with Crippen LogP contribution in [-0.4, -0.2) is 37.2 Å². The predicted molar refractivity (Wildman–Crippen MR) is 279 cm³/mol. The van der Waals surface area contributed by atoms with Crippen LogP contribution in [-0.2, 0) is 28.6 Å². The molecule has 65 heavy (non-hydrogen) atoms. The Morgan fingerprint density at radius 3 is 0.954 bits per heavy atom. The van der Waals surface area contributed by atoms with E-state index in [-0.39, 0.29) is 31.1 Å². The average Bonchev–Trinajstić information content (AvgIpc) is 3.30. The summed E-state index contributed by atoms with van der Waals surface area (Å²) in [6, 6.07) is 0. The molecule has 0 rings (SSSR count). The number of carbonyl (C=O) groups excluding carboxylic acids is 3. The topological polar surface area (TPSA) is 78.9 Å². The van der Waals surface area contributed by atoms with Gasteiger partial charge >= 0.3 is 17.9 Å². The fraction of sp³-hybridized carbons (Fsp3) is 0.780. The van der Waals surface area contributed by atoms with Crippen molar-refractivity contribution >= 4 is 17.9 Å². The molecule has 0 spiro atoms. The van der Waals surface area contributed by atoms with Crippen LogP contribution in [0.4, 0.5) is 0 Å². The lowest BCUT2D eigenvalue weighted by Gasteiger charge is -2.18. The number of hydrogen-bond donors (Lipinski definition) is 0. The molecule has 0 heterocycles. The highest BCUT2D eigenvalue weighted by Gasteiger charge is 2.19. The third-order valence-electron chi connectivity index (χ3n) is 12.0. The monoisotopic (exact) mass is 909 g/mol. The van der Waals surface area contributed by atoms with Crippen LogP contribution in [0.2, 0.25) is 0 Å².